The molecule has 0 amide bonds. The molecule has 1 heterocycles. The topological polar surface area (TPSA) is 32.8 Å². The Kier molecular flexibility index (Phi) is 2.14. The van der Waals surface area contributed by atoms with E-state index in [0.29, 0.717) is 5.41 Å². The van der Waals surface area contributed by atoms with Crippen LogP contribution < -0.4 is 0 Å². The van der Waals surface area contributed by atoms with E-state index in [1.807, 2.05) is 0 Å². The van der Waals surface area contributed by atoms with Gasteiger partial charge >= 0.3 is 0 Å². The SMILES string of the molecule is CC1(C)C[C@@]2(C)C[C@@](O)(C1)[C@]13CCC(C)(C)C[C@@]1(C2)O3. The Hall–Kier alpha value is -0.0800. The van der Waals surface area contributed by atoms with Gasteiger partial charge < -0.3 is 9.84 Å². The number of rotatable bonds is 0. The monoisotopic (exact) mass is 278 g/mol. The molecule has 1 saturated heterocycles. The van der Waals surface area contributed by atoms with Gasteiger partial charge in [0.05, 0.1) is 5.60 Å². The first-order valence-corrected chi connectivity index (χ1v) is 8.37. The van der Waals surface area contributed by atoms with E-state index in [-0.39, 0.29) is 22.0 Å². The molecular weight excluding hydrogens is 248 g/mol. The fourth-order valence-corrected chi connectivity index (χ4v) is 7.08. The fraction of sp³-hybridized carbons (Fsp3) is 1.00. The van der Waals surface area contributed by atoms with Crippen LogP contribution in [0.3, 0.4) is 0 Å². The third-order valence-corrected chi connectivity index (χ3v) is 6.84. The first-order valence-electron chi connectivity index (χ1n) is 8.37. The number of epoxide rings is 1. The highest BCUT2D eigenvalue weighted by Crippen LogP contribution is 2.77. The zero-order chi connectivity index (χ0) is 14.7. The summed E-state index contributed by atoms with van der Waals surface area (Å²) in [5, 5.41) is 11.5. The van der Waals surface area contributed by atoms with Crippen LogP contribution in [0.1, 0.15) is 79.6 Å². The molecular formula is C18H30O2. The average molecular weight is 278 g/mol. The third kappa shape index (κ3) is 1.48. The average Bonchev–Trinajstić information content (AvgIpc) is 2.79. The Morgan fingerprint density at radius 2 is 1.45 bits per heavy atom. The Labute approximate surface area is 123 Å². The van der Waals surface area contributed by atoms with Gasteiger partial charge in [-0.2, -0.15) is 0 Å². The summed E-state index contributed by atoms with van der Waals surface area (Å²) in [7, 11) is 0. The molecule has 2 nitrogen and oxygen atoms in total. The predicted molar refractivity (Wildman–Crippen MR) is 79.5 cm³/mol. The molecule has 3 aliphatic carbocycles. The Balaban J connectivity index is 1.78. The van der Waals surface area contributed by atoms with Crippen LogP contribution in [-0.4, -0.2) is 21.9 Å². The van der Waals surface area contributed by atoms with E-state index in [4.69, 9.17) is 4.74 Å². The van der Waals surface area contributed by atoms with Crippen molar-refractivity contribution in [2.45, 2.75) is 96.4 Å². The second-order valence-corrected chi connectivity index (χ2v) is 10.5. The summed E-state index contributed by atoms with van der Waals surface area (Å²) in [6.07, 6.45) is 7.64. The lowest BCUT2D eigenvalue weighted by Crippen LogP contribution is -2.64. The standard InChI is InChI=1S/C18H30O2/c1-13(2)6-7-18-16(19)9-14(3,4)8-15(5,11-16)12-17(18,10-13)20-18/h19H,6-12H2,1-5H3/t15-,16-,17-,18+/m0/s1. The molecule has 4 aliphatic rings. The fourth-order valence-electron chi connectivity index (χ4n) is 7.08. The normalized spacial score (nSPS) is 58.5. The molecule has 0 unspecified atom stereocenters. The minimum absolute atomic E-state index is 0.00694. The van der Waals surface area contributed by atoms with Crippen molar-refractivity contribution in [2.24, 2.45) is 16.2 Å². The molecule has 3 saturated carbocycles. The largest absolute Gasteiger partial charge is 0.387 e. The van der Waals surface area contributed by atoms with Gasteiger partial charge in [0.25, 0.3) is 0 Å². The van der Waals surface area contributed by atoms with Gasteiger partial charge in [-0.05, 0) is 61.2 Å². The van der Waals surface area contributed by atoms with Gasteiger partial charge in [0.15, 0.2) is 0 Å². The molecule has 0 aromatic heterocycles. The van der Waals surface area contributed by atoms with Gasteiger partial charge in [-0.15, -0.1) is 0 Å². The van der Waals surface area contributed by atoms with E-state index in [2.05, 4.69) is 34.6 Å². The van der Waals surface area contributed by atoms with Crippen LogP contribution in [0.5, 0.6) is 0 Å². The van der Waals surface area contributed by atoms with Gasteiger partial charge in [0.1, 0.15) is 11.2 Å². The molecule has 0 aromatic carbocycles. The van der Waals surface area contributed by atoms with Crippen LogP contribution >= 0.6 is 0 Å². The maximum Gasteiger partial charge on any atom is 0.127 e. The van der Waals surface area contributed by atoms with Crippen LogP contribution in [-0.2, 0) is 4.74 Å². The maximum atomic E-state index is 11.5. The molecule has 1 aliphatic heterocycles. The van der Waals surface area contributed by atoms with Gasteiger partial charge in [-0.1, -0.05) is 34.6 Å². The lowest BCUT2D eigenvalue weighted by atomic mass is 9.45. The summed E-state index contributed by atoms with van der Waals surface area (Å²) in [5.41, 5.74) is 0.0668. The summed E-state index contributed by atoms with van der Waals surface area (Å²) < 4.78 is 6.48. The zero-order valence-electron chi connectivity index (χ0n) is 13.8. The molecule has 0 spiro atoms. The molecule has 1 N–H and O–H groups in total. The van der Waals surface area contributed by atoms with Crippen molar-refractivity contribution < 1.29 is 9.84 Å². The minimum atomic E-state index is -0.585. The third-order valence-electron chi connectivity index (χ3n) is 6.84. The highest BCUT2D eigenvalue weighted by atomic mass is 16.6. The summed E-state index contributed by atoms with van der Waals surface area (Å²) in [6.45, 7) is 11.8. The van der Waals surface area contributed by atoms with Crippen molar-refractivity contribution in [1.82, 2.24) is 0 Å². The van der Waals surface area contributed by atoms with E-state index in [1.165, 1.54) is 12.8 Å². The van der Waals surface area contributed by atoms with Crippen LogP contribution in [0.2, 0.25) is 0 Å². The van der Waals surface area contributed by atoms with Crippen LogP contribution in [0, 0.1) is 16.2 Å². The van der Waals surface area contributed by atoms with Gasteiger partial charge in [-0.25, -0.2) is 0 Å². The molecule has 20 heavy (non-hydrogen) atoms. The second-order valence-electron chi connectivity index (χ2n) is 10.5. The summed E-state index contributed by atoms with van der Waals surface area (Å²) in [5.74, 6) is 0. The molecule has 4 atom stereocenters. The molecule has 0 radical (unpaired) electrons. The van der Waals surface area contributed by atoms with Crippen molar-refractivity contribution in [3.8, 4) is 0 Å². The van der Waals surface area contributed by atoms with Crippen LogP contribution in [0.15, 0.2) is 0 Å². The number of fused-ring (bicyclic) bond motifs is 2. The highest BCUT2D eigenvalue weighted by Gasteiger charge is 2.84. The quantitative estimate of drug-likeness (QED) is 0.678. The molecule has 4 rings (SSSR count). The van der Waals surface area contributed by atoms with Crippen molar-refractivity contribution in [3.63, 3.8) is 0 Å². The first-order chi connectivity index (χ1) is 8.95. The van der Waals surface area contributed by atoms with E-state index in [9.17, 15) is 5.11 Å². The van der Waals surface area contributed by atoms with Gasteiger partial charge in [0, 0.05) is 0 Å². The maximum absolute atomic E-state index is 11.5. The van der Waals surface area contributed by atoms with E-state index in [1.54, 1.807) is 0 Å². The van der Waals surface area contributed by atoms with Crippen molar-refractivity contribution in [1.29, 1.82) is 0 Å². The zero-order valence-corrected chi connectivity index (χ0v) is 13.8. The van der Waals surface area contributed by atoms with Gasteiger partial charge in [0.2, 0.25) is 0 Å². The summed E-state index contributed by atoms with van der Waals surface area (Å²) in [6, 6.07) is 0. The molecule has 2 heteroatoms. The van der Waals surface area contributed by atoms with Gasteiger partial charge in [-0.3, -0.25) is 0 Å². The van der Waals surface area contributed by atoms with Crippen molar-refractivity contribution in [3.05, 3.63) is 0 Å². The Bertz CT molecular complexity index is 478. The van der Waals surface area contributed by atoms with Crippen LogP contribution in [0.4, 0.5) is 0 Å². The molecule has 2 bridgehead atoms. The summed E-state index contributed by atoms with van der Waals surface area (Å²) in [4.78, 5) is 0. The minimum Gasteiger partial charge on any atom is -0.387 e. The number of hydrogen-bond donors (Lipinski definition) is 1. The van der Waals surface area contributed by atoms with Crippen molar-refractivity contribution in [2.75, 3.05) is 0 Å². The lowest BCUT2D eigenvalue weighted by molar-refractivity contribution is -0.160. The highest BCUT2D eigenvalue weighted by molar-refractivity contribution is 5.34. The smallest absolute Gasteiger partial charge is 0.127 e. The molecule has 4 fully saturated rings. The number of aliphatic hydroxyl groups is 1. The summed E-state index contributed by atoms with van der Waals surface area (Å²) >= 11 is 0. The number of hydrogen-bond acceptors (Lipinski definition) is 2. The predicted octanol–water partition coefficient (Wildman–Crippen LogP) is 4.06. The Morgan fingerprint density at radius 1 is 0.750 bits per heavy atom. The van der Waals surface area contributed by atoms with E-state index < -0.39 is 5.60 Å². The molecule has 114 valence electrons. The number of ether oxygens (including phenoxy) is 1. The van der Waals surface area contributed by atoms with E-state index >= 15 is 0 Å². The van der Waals surface area contributed by atoms with E-state index in [0.717, 1.165) is 32.1 Å². The Morgan fingerprint density at radius 3 is 2.15 bits per heavy atom. The van der Waals surface area contributed by atoms with Crippen LogP contribution in [0.25, 0.3) is 0 Å². The lowest BCUT2D eigenvalue weighted by Gasteiger charge is -2.59. The first kappa shape index (κ1) is 13.6. The van der Waals surface area contributed by atoms with Crippen molar-refractivity contribution >= 4 is 0 Å². The second kappa shape index (κ2) is 3.15. The molecule has 0 aromatic rings.